The number of aryl methyl sites for hydroxylation is 1. The first-order chi connectivity index (χ1) is 11.2. The van der Waals surface area contributed by atoms with Gasteiger partial charge in [0.05, 0.1) is 13.2 Å². The Kier molecular flexibility index (Phi) is 9.46. The number of nitrogens with zero attached hydrogens (tertiary/aromatic N) is 1. The summed E-state index contributed by atoms with van der Waals surface area (Å²) in [6, 6.07) is 5.75. The van der Waals surface area contributed by atoms with Gasteiger partial charge < -0.3 is 25.4 Å². The first-order valence-corrected chi connectivity index (χ1v) is 7.72. The van der Waals surface area contributed by atoms with Crippen molar-refractivity contribution < 1.29 is 14.3 Å². The van der Waals surface area contributed by atoms with Crippen LogP contribution in [0.4, 0.5) is 5.69 Å². The predicted molar refractivity (Wildman–Crippen MR) is 106 cm³/mol. The highest BCUT2D eigenvalue weighted by Gasteiger charge is 2.14. The highest BCUT2D eigenvalue weighted by atomic mass is 127. The number of fused-ring (bicyclic) bond motifs is 1. The van der Waals surface area contributed by atoms with Crippen LogP contribution < -0.4 is 20.7 Å². The van der Waals surface area contributed by atoms with E-state index in [9.17, 15) is 4.79 Å². The highest BCUT2D eigenvalue weighted by Crippen LogP contribution is 2.26. The smallest absolute Gasteiger partial charge is 0.224 e. The van der Waals surface area contributed by atoms with Crippen LogP contribution in [-0.2, 0) is 16.0 Å². The van der Waals surface area contributed by atoms with E-state index >= 15 is 0 Å². The lowest BCUT2D eigenvalue weighted by atomic mass is 10.0. The maximum atomic E-state index is 11.3. The van der Waals surface area contributed by atoms with Crippen LogP contribution in [0.1, 0.15) is 12.0 Å². The average Bonchev–Trinajstić information content (AvgIpc) is 2.57. The van der Waals surface area contributed by atoms with Crippen LogP contribution in [0.2, 0.25) is 0 Å². The van der Waals surface area contributed by atoms with Gasteiger partial charge in [0.2, 0.25) is 5.91 Å². The minimum atomic E-state index is 0. The second-order valence-electron chi connectivity index (χ2n) is 5.13. The topological polar surface area (TPSA) is 84.0 Å². The lowest BCUT2D eigenvalue weighted by Crippen LogP contribution is -2.40. The van der Waals surface area contributed by atoms with Crippen LogP contribution in [0, 0.1) is 0 Å². The fraction of sp³-hybridized carbons (Fsp3) is 0.500. The van der Waals surface area contributed by atoms with Gasteiger partial charge >= 0.3 is 0 Å². The van der Waals surface area contributed by atoms with Crippen LogP contribution >= 0.6 is 24.0 Å². The van der Waals surface area contributed by atoms with Crippen LogP contribution in [0.3, 0.4) is 0 Å². The van der Waals surface area contributed by atoms with Gasteiger partial charge in [0.15, 0.2) is 5.96 Å². The summed E-state index contributed by atoms with van der Waals surface area (Å²) in [5, 5.41) is 9.16. The van der Waals surface area contributed by atoms with E-state index in [0.717, 1.165) is 29.4 Å². The Morgan fingerprint density at radius 2 is 2.00 bits per heavy atom. The van der Waals surface area contributed by atoms with E-state index in [1.54, 1.807) is 14.2 Å². The lowest BCUT2D eigenvalue weighted by molar-refractivity contribution is -0.116. The van der Waals surface area contributed by atoms with Gasteiger partial charge in [-0.25, -0.2) is 0 Å². The number of nitrogens with one attached hydrogen (secondary N) is 3. The molecule has 1 aliphatic rings. The van der Waals surface area contributed by atoms with Gasteiger partial charge in [-0.2, -0.15) is 0 Å². The molecule has 1 aliphatic heterocycles. The maximum absolute atomic E-state index is 11.3. The summed E-state index contributed by atoms with van der Waals surface area (Å²) < 4.78 is 10.7. The number of carbonyl (C=O) groups is 1. The molecule has 24 heavy (non-hydrogen) atoms. The molecule has 0 spiro atoms. The molecular weight excluding hydrogens is 423 g/mol. The van der Waals surface area contributed by atoms with E-state index in [4.69, 9.17) is 9.47 Å². The van der Waals surface area contributed by atoms with Gasteiger partial charge in [0.25, 0.3) is 0 Å². The molecule has 0 saturated carbocycles. The Labute approximate surface area is 159 Å². The van der Waals surface area contributed by atoms with Gasteiger partial charge in [-0.15, -0.1) is 24.0 Å². The molecule has 0 aliphatic carbocycles. The number of hydrogen-bond donors (Lipinski definition) is 3. The van der Waals surface area contributed by atoms with E-state index in [1.807, 2.05) is 18.2 Å². The van der Waals surface area contributed by atoms with Crippen LogP contribution in [0.5, 0.6) is 5.75 Å². The van der Waals surface area contributed by atoms with Crippen LogP contribution in [0.25, 0.3) is 0 Å². The number of benzene rings is 1. The summed E-state index contributed by atoms with van der Waals surface area (Å²) in [6.07, 6.45) is 1.29. The first kappa shape index (κ1) is 20.5. The molecule has 1 aromatic rings. The summed E-state index contributed by atoms with van der Waals surface area (Å²) in [5.41, 5.74) is 2.00. The van der Waals surface area contributed by atoms with Gasteiger partial charge in [0.1, 0.15) is 12.4 Å². The van der Waals surface area contributed by atoms with Crippen molar-refractivity contribution in [2.24, 2.45) is 4.99 Å². The largest absolute Gasteiger partial charge is 0.492 e. The number of amides is 1. The van der Waals surface area contributed by atoms with Crippen molar-refractivity contribution in [3.8, 4) is 5.75 Å². The Morgan fingerprint density at radius 1 is 1.25 bits per heavy atom. The van der Waals surface area contributed by atoms with E-state index in [0.29, 0.717) is 32.7 Å². The molecule has 3 N–H and O–H groups in total. The molecule has 0 fully saturated rings. The van der Waals surface area contributed by atoms with Crippen molar-refractivity contribution in [3.63, 3.8) is 0 Å². The fourth-order valence-corrected chi connectivity index (χ4v) is 2.28. The maximum Gasteiger partial charge on any atom is 0.224 e. The Bertz CT molecular complexity index is 566. The van der Waals surface area contributed by atoms with Crippen LogP contribution in [-0.4, -0.2) is 52.3 Å². The van der Waals surface area contributed by atoms with Gasteiger partial charge in [-0.05, 0) is 30.2 Å². The summed E-state index contributed by atoms with van der Waals surface area (Å²) in [6.45, 7) is 2.49. The monoisotopic (exact) mass is 448 g/mol. The van der Waals surface area contributed by atoms with Crippen molar-refractivity contribution in [2.75, 3.05) is 45.8 Å². The van der Waals surface area contributed by atoms with E-state index < -0.39 is 0 Å². The zero-order valence-corrected chi connectivity index (χ0v) is 16.4. The molecule has 1 amide bonds. The number of rotatable bonds is 7. The molecule has 0 saturated heterocycles. The first-order valence-electron chi connectivity index (χ1n) is 7.72. The summed E-state index contributed by atoms with van der Waals surface area (Å²) in [4.78, 5) is 15.4. The molecule has 134 valence electrons. The van der Waals surface area contributed by atoms with Crippen molar-refractivity contribution in [1.29, 1.82) is 0 Å². The number of methoxy groups -OCH3 is 1. The number of anilines is 1. The molecule has 7 nitrogen and oxygen atoms in total. The zero-order valence-electron chi connectivity index (χ0n) is 14.1. The van der Waals surface area contributed by atoms with Crippen molar-refractivity contribution >= 4 is 41.5 Å². The molecule has 0 aromatic heterocycles. The standard InChI is InChI=1S/C16H24N4O3.HI/c1-17-16(18-7-9-22-2)19-8-10-23-13-4-5-14-12(11-13)3-6-15(21)20-14;/h4-5,11H,3,6-10H2,1-2H3,(H,20,21)(H2,17,18,19);1H. The molecule has 0 unspecified atom stereocenters. The van der Waals surface area contributed by atoms with Crippen molar-refractivity contribution in [2.45, 2.75) is 12.8 Å². The second kappa shape index (κ2) is 11.1. The third-order valence-corrected chi connectivity index (χ3v) is 3.46. The number of ether oxygens (including phenoxy) is 2. The third kappa shape index (κ3) is 6.52. The van der Waals surface area contributed by atoms with Crippen molar-refractivity contribution in [3.05, 3.63) is 23.8 Å². The molecule has 0 atom stereocenters. The molecule has 1 heterocycles. The molecule has 8 heteroatoms. The molecule has 0 bridgehead atoms. The minimum Gasteiger partial charge on any atom is -0.492 e. The number of aliphatic imine (C=N–C) groups is 1. The Morgan fingerprint density at radius 3 is 2.71 bits per heavy atom. The van der Waals surface area contributed by atoms with Gasteiger partial charge in [-0.1, -0.05) is 0 Å². The minimum absolute atomic E-state index is 0. The zero-order chi connectivity index (χ0) is 16.5. The number of halogens is 1. The highest BCUT2D eigenvalue weighted by molar-refractivity contribution is 14.0. The van der Waals surface area contributed by atoms with Gasteiger partial charge in [-0.3, -0.25) is 9.79 Å². The van der Waals surface area contributed by atoms with E-state index in [1.165, 1.54) is 0 Å². The normalized spacial score (nSPS) is 13.4. The van der Waals surface area contributed by atoms with Crippen LogP contribution in [0.15, 0.2) is 23.2 Å². The Hall–Kier alpha value is -1.55. The second-order valence-corrected chi connectivity index (χ2v) is 5.13. The van der Waals surface area contributed by atoms with Gasteiger partial charge in [0, 0.05) is 32.8 Å². The summed E-state index contributed by atoms with van der Waals surface area (Å²) >= 11 is 0. The lowest BCUT2D eigenvalue weighted by Gasteiger charge is -2.18. The molecule has 1 aromatic carbocycles. The number of guanidine groups is 1. The average molecular weight is 448 g/mol. The third-order valence-electron chi connectivity index (χ3n) is 3.46. The number of carbonyl (C=O) groups excluding carboxylic acids is 1. The molecule has 2 rings (SSSR count). The van der Waals surface area contributed by atoms with Crippen molar-refractivity contribution in [1.82, 2.24) is 10.6 Å². The number of hydrogen-bond acceptors (Lipinski definition) is 4. The predicted octanol–water partition coefficient (Wildman–Crippen LogP) is 1.38. The summed E-state index contributed by atoms with van der Waals surface area (Å²) in [5.74, 6) is 1.60. The fourth-order valence-electron chi connectivity index (χ4n) is 2.28. The summed E-state index contributed by atoms with van der Waals surface area (Å²) in [7, 11) is 3.39. The van der Waals surface area contributed by atoms with E-state index in [-0.39, 0.29) is 29.9 Å². The van der Waals surface area contributed by atoms with E-state index in [2.05, 4.69) is 20.9 Å². The molecule has 0 radical (unpaired) electrons. The Balaban J connectivity index is 0.00000288. The quantitative estimate of drug-likeness (QED) is 0.254. The molecular formula is C16H25IN4O3. The SMILES string of the molecule is CN=C(NCCOC)NCCOc1ccc2c(c1)CCC(=O)N2.I.